The zero-order chi connectivity index (χ0) is 93.0. The van der Waals surface area contributed by atoms with Crippen molar-refractivity contribution in [3.63, 3.8) is 0 Å². The molecule has 0 bridgehead atoms. The molecular weight excluding hydrogens is 2220 g/mol. The highest BCUT2D eigenvalue weighted by Gasteiger charge is 2.40. The molecule has 0 aliphatic rings. The molecule has 48 heteroatoms. The average Bonchev–Trinajstić information content (AvgIpc) is 1.66. The Labute approximate surface area is 787 Å². The molecule has 0 radical (unpaired) electrons. The van der Waals surface area contributed by atoms with Gasteiger partial charge in [-0.3, -0.25) is 38.4 Å². The Kier molecular flexibility index (Phi) is 33.8. The van der Waals surface area contributed by atoms with Crippen LogP contribution in [-0.2, 0) is 18.5 Å². The third kappa shape index (κ3) is 25.0. The minimum atomic E-state index is -4.82. The summed E-state index contributed by atoms with van der Waals surface area (Å²) in [6.45, 7) is 13.1. The summed E-state index contributed by atoms with van der Waals surface area (Å²) in [6, 6.07) is 27.9. The molecule has 0 fully saturated rings. The van der Waals surface area contributed by atoms with Crippen LogP contribution in [0.25, 0.3) is 23.3 Å². The molecule has 28 nitrogen and oxygen atoms in total. The Hall–Kier alpha value is -10.0. The van der Waals surface area contributed by atoms with Crippen molar-refractivity contribution in [3.8, 4) is 23.3 Å². The number of aryl methyl sites for hydroxylation is 2. The summed E-state index contributed by atoms with van der Waals surface area (Å²) in [4.78, 5) is 118. The van der Waals surface area contributed by atoms with Gasteiger partial charge in [0.25, 0.3) is 47.3 Å². The zero-order valence-corrected chi connectivity index (χ0v) is 79.5. The summed E-state index contributed by atoms with van der Waals surface area (Å²) in [7, 11) is 1.40. The number of halogens is 20. The summed E-state index contributed by atoms with van der Waals surface area (Å²) < 4.78 is 126. The number of hydrogen-bond acceptors (Lipinski definition) is 16. The predicted molar refractivity (Wildman–Crippen MR) is 478 cm³/mol. The van der Waals surface area contributed by atoms with Crippen molar-refractivity contribution in [2.75, 3.05) is 34.9 Å². The number of nitrogens with one attached hydrogen (secondary N) is 8. The molecule has 12 rings (SSSR count). The summed E-state index contributed by atoms with van der Waals surface area (Å²) in [6.07, 6.45) is -8.97. The van der Waals surface area contributed by atoms with Gasteiger partial charge < -0.3 is 42.5 Å². The van der Waals surface area contributed by atoms with Crippen LogP contribution in [0.3, 0.4) is 0 Å². The van der Waals surface area contributed by atoms with Gasteiger partial charge in [0.2, 0.25) is 0 Å². The summed E-state index contributed by atoms with van der Waals surface area (Å²) >= 11 is 47.3. The number of hydrogen-bond donors (Lipinski definition) is 8. The quantitative estimate of drug-likeness (QED) is 0.0349. The molecule has 0 spiro atoms. The molecule has 0 saturated heterocycles. The van der Waals surface area contributed by atoms with Crippen molar-refractivity contribution in [2.24, 2.45) is 0 Å². The van der Waals surface area contributed by atoms with E-state index in [2.05, 4.69) is 194 Å². The molecule has 660 valence electrons. The molecule has 126 heavy (non-hydrogen) atoms. The zero-order valence-electron chi connectivity index (χ0n) is 65.4. The van der Waals surface area contributed by atoms with Gasteiger partial charge in [-0.15, -0.1) is 0 Å². The van der Waals surface area contributed by atoms with E-state index in [1.807, 2.05) is 33.8 Å². The first-order valence-electron chi connectivity index (χ1n) is 35.8. The van der Waals surface area contributed by atoms with Crippen LogP contribution < -0.4 is 42.5 Å². The van der Waals surface area contributed by atoms with E-state index in [4.69, 9.17) is 46.4 Å². The molecule has 8 amide bonds. The van der Waals surface area contributed by atoms with Crippen LogP contribution in [0.5, 0.6) is 0 Å². The highest BCUT2D eigenvalue weighted by Crippen LogP contribution is 2.40. The molecule has 0 unspecified atom stereocenters. The van der Waals surface area contributed by atoms with E-state index in [0.29, 0.717) is 92.3 Å². The predicted octanol–water partition coefficient (Wildman–Crippen LogP) is 21.1. The van der Waals surface area contributed by atoms with E-state index in [1.165, 1.54) is 84.9 Å². The maximum Gasteiger partial charge on any atom is 0.435 e. The summed E-state index contributed by atoms with van der Waals surface area (Å²) in [5.41, 5.74) is -2.13. The largest absolute Gasteiger partial charge is 0.435 e. The number of aromatic nitrogens is 12. The number of carbonyl (C=O) groups is 8. The molecule has 0 saturated carbocycles. The van der Waals surface area contributed by atoms with Crippen LogP contribution in [0.15, 0.2) is 178 Å². The van der Waals surface area contributed by atoms with Crippen molar-refractivity contribution in [1.82, 2.24) is 80.3 Å². The Bertz CT molecular complexity index is 6220. The monoisotopic (exact) mass is 2270 g/mol. The Balaban J connectivity index is 0.000000190. The lowest BCUT2D eigenvalue weighted by Gasteiger charge is -2.17. The number of amides is 8. The minimum Gasteiger partial charge on any atom is -0.355 e. The van der Waals surface area contributed by atoms with Gasteiger partial charge >= 0.3 is 18.5 Å². The van der Waals surface area contributed by atoms with E-state index in [9.17, 15) is 77.9 Å². The van der Waals surface area contributed by atoms with E-state index < -0.39 is 94.0 Å². The van der Waals surface area contributed by atoms with Crippen molar-refractivity contribution < 1.29 is 77.9 Å². The number of carbonyl (C=O) groups excluding carboxylic acids is 8. The Morgan fingerprint density at radius 2 is 0.667 bits per heavy atom. The lowest BCUT2D eigenvalue weighted by Crippen LogP contribution is -2.31. The lowest BCUT2D eigenvalue weighted by atomic mass is 10.0. The van der Waals surface area contributed by atoms with E-state index in [-0.39, 0.29) is 90.0 Å². The van der Waals surface area contributed by atoms with Gasteiger partial charge in [-0.2, -0.15) is 59.9 Å². The molecule has 0 aliphatic heterocycles. The molecule has 4 aromatic carbocycles. The Morgan fingerprint density at radius 1 is 0.381 bits per heavy atom. The maximum absolute atomic E-state index is 13.4. The molecule has 8 aromatic heterocycles. The number of pyridine rings is 4. The fourth-order valence-electron chi connectivity index (χ4n) is 11.1. The van der Waals surface area contributed by atoms with Gasteiger partial charge in [-0.1, -0.05) is 100 Å². The fourth-order valence-corrected chi connectivity index (χ4v) is 16.2. The van der Waals surface area contributed by atoms with Gasteiger partial charge in [-0.05, 0) is 214 Å². The highest BCUT2D eigenvalue weighted by atomic mass is 79.9. The molecule has 8 N–H and O–H groups in total. The van der Waals surface area contributed by atoms with E-state index >= 15 is 0 Å². The van der Waals surface area contributed by atoms with Crippen LogP contribution >= 0.6 is 158 Å². The van der Waals surface area contributed by atoms with Gasteiger partial charge in [0.05, 0.1) is 65.1 Å². The number of alkyl halides is 9. The first-order chi connectivity index (χ1) is 59.1. The third-order valence-electron chi connectivity index (χ3n) is 16.3. The normalized spacial score (nSPS) is 11.3. The smallest absolute Gasteiger partial charge is 0.355 e. The van der Waals surface area contributed by atoms with Crippen molar-refractivity contribution >= 4 is 228 Å². The topological polar surface area (TPSA) is 356 Å². The number of anilines is 4. The average molecular weight is 2280 g/mol. The Morgan fingerprint density at radius 3 is 0.960 bits per heavy atom. The van der Waals surface area contributed by atoms with Crippen molar-refractivity contribution in [2.45, 2.75) is 79.1 Å². The van der Waals surface area contributed by atoms with Crippen LogP contribution in [0, 0.1) is 13.8 Å². The van der Waals surface area contributed by atoms with Gasteiger partial charge in [0.1, 0.15) is 27.4 Å². The highest BCUT2D eigenvalue weighted by molar-refractivity contribution is 9.12. The lowest BCUT2D eigenvalue weighted by molar-refractivity contribution is -0.142. The van der Waals surface area contributed by atoms with Crippen LogP contribution in [0.1, 0.15) is 146 Å². The molecular formula is C78H60Br7Cl4F9N20O8. The van der Waals surface area contributed by atoms with Crippen LogP contribution in [0.4, 0.5) is 62.3 Å². The standard InChI is InChI=1S/C21H21BrClN5O2.C20H15Br2ClF3N5O2.C19H13Br2ClF3N5O2.C18H11Br2ClF3N5O2/c1-11(2)25-20(29)14-9-12(3)8-13(4)18(14)26-21(30)16-10-17(22)27-28(16)19-15(23)6-5-7-24-19;1-9(2)28-18(32)11-6-10(21)7-12(22)16(11)29-19(33)14-8-15(20(24,25)26)30-31(14)17-13(23)4-3-5-27-17;1-2-26-17(31)10-6-9(20)7-11(21)15(10)28-18(32)13-8-14(19(23,24)25)29-30(13)16-12(22)4-3-5-27-16;1-25-16(30)9-5-8(19)6-10(20)14(9)27-17(31)12-7-13(18(22,23)24)28-29(12)15-11(21)3-2-4-26-15/h5-11H,1-4H3,(H,25,29)(H,26,30);3-9H,1-2H3,(H,28,32)(H,29,33);3-8H,2H2,1H3,(H,26,31)(H,28,32);2-7H,1H3,(H,25,30)(H,27,31). The SMILES string of the molecule is CC(C)NC(=O)c1cc(Br)cc(Br)c1NC(=O)c1cc(C(F)(F)F)nn1-c1ncccc1Cl.CCNC(=O)c1cc(Br)cc(Br)c1NC(=O)c1cc(C(F)(F)F)nn1-c1ncccc1Cl.CNC(=O)c1cc(Br)cc(Br)c1NC(=O)c1cc(C(F)(F)F)nn1-c1ncccc1Cl.Cc1cc(C)c(NC(=O)c2cc(Br)nn2-c2ncccc2Cl)c(C(=O)NC(C)C)c1. The van der Waals surface area contributed by atoms with Crippen LogP contribution in [0.2, 0.25) is 20.1 Å². The molecule has 8 heterocycles. The fraction of sp³-hybridized carbons (Fsp3) is 0.179. The second-order valence-electron chi connectivity index (χ2n) is 26.4. The summed E-state index contributed by atoms with van der Waals surface area (Å²) in [5, 5.41) is 36.0. The molecule has 0 aliphatic carbocycles. The van der Waals surface area contributed by atoms with E-state index in [0.717, 1.165) is 11.1 Å². The maximum atomic E-state index is 13.4. The minimum absolute atomic E-state index is 0.00814. The first kappa shape index (κ1) is 99.7. The molecule has 12 aromatic rings. The number of rotatable bonds is 19. The molecule has 0 atom stereocenters. The van der Waals surface area contributed by atoms with Gasteiger partial charge in [-0.25, -0.2) is 38.7 Å². The third-order valence-corrected chi connectivity index (χ3v) is 21.2. The number of nitrogens with zero attached hydrogens (tertiary/aromatic N) is 12. The van der Waals surface area contributed by atoms with Gasteiger partial charge in [0.15, 0.2) is 40.4 Å². The summed E-state index contributed by atoms with van der Waals surface area (Å²) in [5.74, 6) is -5.21. The van der Waals surface area contributed by atoms with Gasteiger partial charge in [0, 0.05) is 102 Å². The first-order valence-corrected chi connectivity index (χ1v) is 42.8. The number of benzene rings is 4. The van der Waals surface area contributed by atoms with Crippen LogP contribution in [-0.4, -0.2) is 132 Å². The second-order valence-corrected chi connectivity index (χ2v) is 34.2. The van der Waals surface area contributed by atoms with Crippen molar-refractivity contribution in [1.29, 1.82) is 0 Å². The van der Waals surface area contributed by atoms with E-state index in [1.54, 1.807) is 69.4 Å². The van der Waals surface area contributed by atoms with Crippen molar-refractivity contribution in [3.05, 3.63) is 271 Å². The second kappa shape index (κ2) is 42.7.